The van der Waals surface area contributed by atoms with E-state index in [1.807, 2.05) is 25.6 Å². The number of halogens is 1. The van der Waals surface area contributed by atoms with Crippen LogP contribution in [-0.2, 0) is 24.7 Å². The summed E-state index contributed by atoms with van der Waals surface area (Å²) in [4.78, 5) is 11.8. The van der Waals surface area contributed by atoms with Gasteiger partial charge in [-0.05, 0) is 49.9 Å². The standard InChI is InChI=1S/C17H22FN3O/c1-12-16(13(2)21(3)20-12)10-11-19-17(22)9-6-14-4-7-15(18)8-5-14/h4-5,7-8H,6,9-11H2,1-3H3,(H,19,22). The zero-order chi connectivity index (χ0) is 16.1. The highest BCUT2D eigenvalue weighted by Crippen LogP contribution is 2.12. The first kappa shape index (κ1) is 16.2. The van der Waals surface area contributed by atoms with Gasteiger partial charge in [-0.2, -0.15) is 5.10 Å². The molecule has 1 aromatic carbocycles. The number of aryl methyl sites for hydroxylation is 3. The highest BCUT2D eigenvalue weighted by molar-refractivity contribution is 5.76. The Morgan fingerprint density at radius 2 is 1.91 bits per heavy atom. The number of aromatic nitrogens is 2. The lowest BCUT2D eigenvalue weighted by Crippen LogP contribution is -2.26. The number of amides is 1. The van der Waals surface area contributed by atoms with Gasteiger partial charge in [-0.25, -0.2) is 4.39 Å². The molecule has 2 rings (SSSR count). The van der Waals surface area contributed by atoms with Gasteiger partial charge in [0.05, 0.1) is 5.69 Å². The highest BCUT2D eigenvalue weighted by Gasteiger charge is 2.09. The molecule has 4 nitrogen and oxygen atoms in total. The van der Waals surface area contributed by atoms with Gasteiger partial charge in [0.1, 0.15) is 5.82 Å². The number of rotatable bonds is 6. The summed E-state index contributed by atoms with van der Waals surface area (Å²) in [6.45, 7) is 4.63. The van der Waals surface area contributed by atoms with Crippen molar-refractivity contribution in [3.63, 3.8) is 0 Å². The summed E-state index contributed by atoms with van der Waals surface area (Å²) in [6.07, 6.45) is 1.82. The van der Waals surface area contributed by atoms with E-state index in [0.29, 0.717) is 19.4 Å². The van der Waals surface area contributed by atoms with E-state index in [9.17, 15) is 9.18 Å². The van der Waals surface area contributed by atoms with Crippen LogP contribution < -0.4 is 5.32 Å². The molecular weight excluding hydrogens is 281 g/mol. The molecule has 0 atom stereocenters. The van der Waals surface area contributed by atoms with Crippen molar-refractivity contribution in [2.45, 2.75) is 33.1 Å². The van der Waals surface area contributed by atoms with Crippen LogP contribution in [0.1, 0.15) is 28.9 Å². The molecule has 0 radical (unpaired) electrons. The van der Waals surface area contributed by atoms with Crippen LogP contribution in [0.3, 0.4) is 0 Å². The molecule has 0 aliphatic carbocycles. The minimum atomic E-state index is -0.254. The molecule has 0 aliphatic heterocycles. The molecule has 0 saturated carbocycles. The lowest BCUT2D eigenvalue weighted by Gasteiger charge is -2.06. The average molecular weight is 303 g/mol. The maximum absolute atomic E-state index is 12.8. The highest BCUT2D eigenvalue weighted by atomic mass is 19.1. The number of carbonyl (C=O) groups excluding carboxylic acids is 1. The first-order valence-corrected chi connectivity index (χ1v) is 7.47. The molecule has 22 heavy (non-hydrogen) atoms. The van der Waals surface area contributed by atoms with E-state index in [0.717, 1.165) is 23.4 Å². The first-order chi connectivity index (χ1) is 10.5. The van der Waals surface area contributed by atoms with Gasteiger partial charge in [0.2, 0.25) is 5.91 Å². The first-order valence-electron chi connectivity index (χ1n) is 7.47. The molecular formula is C17H22FN3O. The lowest BCUT2D eigenvalue weighted by molar-refractivity contribution is -0.121. The largest absolute Gasteiger partial charge is 0.356 e. The molecule has 0 bridgehead atoms. The smallest absolute Gasteiger partial charge is 0.220 e. The minimum Gasteiger partial charge on any atom is -0.356 e. The van der Waals surface area contributed by atoms with Crippen molar-refractivity contribution in [1.29, 1.82) is 0 Å². The second-order valence-corrected chi connectivity index (χ2v) is 5.50. The second kappa shape index (κ2) is 7.20. The van der Waals surface area contributed by atoms with Gasteiger partial charge >= 0.3 is 0 Å². The van der Waals surface area contributed by atoms with Crippen LogP contribution >= 0.6 is 0 Å². The maximum atomic E-state index is 12.8. The number of carbonyl (C=O) groups is 1. The van der Waals surface area contributed by atoms with Crippen molar-refractivity contribution in [3.8, 4) is 0 Å². The molecule has 2 aromatic rings. The Morgan fingerprint density at radius 1 is 1.23 bits per heavy atom. The summed E-state index contributed by atoms with van der Waals surface area (Å²) in [6, 6.07) is 6.26. The molecule has 118 valence electrons. The van der Waals surface area contributed by atoms with E-state index in [4.69, 9.17) is 0 Å². The van der Waals surface area contributed by atoms with Crippen LogP contribution in [0.4, 0.5) is 4.39 Å². The molecule has 5 heteroatoms. The number of nitrogens with zero attached hydrogens (tertiary/aromatic N) is 2. The Hall–Kier alpha value is -2.17. The third-order valence-electron chi connectivity index (χ3n) is 3.91. The van der Waals surface area contributed by atoms with Crippen molar-refractivity contribution in [2.75, 3.05) is 6.54 Å². The van der Waals surface area contributed by atoms with Crippen molar-refractivity contribution in [3.05, 3.63) is 52.6 Å². The molecule has 0 fully saturated rings. The number of hydrogen-bond acceptors (Lipinski definition) is 2. The van der Waals surface area contributed by atoms with Gasteiger partial charge in [0, 0.05) is 25.7 Å². The molecule has 1 N–H and O–H groups in total. The summed E-state index contributed by atoms with van der Waals surface area (Å²) in [5, 5.41) is 7.29. The van der Waals surface area contributed by atoms with Gasteiger partial charge in [-0.15, -0.1) is 0 Å². The van der Waals surface area contributed by atoms with E-state index in [-0.39, 0.29) is 11.7 Å². The molecule has 1 heterocycles. The SMILES string of the molecule is Cc1nn(C)c(C)c1CCNC(=O)CCc1ccc(F)cc1. The maximum Gasteiger partial charge on any atom is 0.220 e. The molecule has 0 spiro atoms. The molecule has 0 unspecified atom stereocenters. The molecule has 1 aromatic heterocycles. The zero-order valence-corrected chi connectivity index (χ0v) is 13.3. The monoisotopic (exact) mass is 303 g/mol. The minimum absolute atomic E-state index is 0.0171. The quantitative estimate of drug-likeness (QED) is 0.891. The van der Waals surface area contributed by atoms with Gasteiger partial charge in [-0.3, -0.25) is 9.48 Å². The topological polar surface area (TPSA) is 46.9 Å². The number of hydrogen-bond donors (Lipinski definition) is 1. The summed E-state index contributed by atoms with van der Waals surface area (Å²) in [5.41, 5.74) is 4.32. The van der Waals surface area contributed by atoms with Gasteiger partial charge in [0.15, 0.2) is 0 Å². The normalized spacial score (nSPS) is 10.7. The van der Waals surface area contributed by atoms with Gasteiger partial charge in [0.25, 0.3) is 0 Å². The second-order valence-electron chi connectivity index (χ2n) is 5.50. The van der Waals surface area contributed by atoms with Crippen LogP contribution in [0.25, 0.3) is 0 Å². The van der Waals surface area contributed by atoms with Crippen molar-refractivity contribution in [2.24, 2.45) is 7.05 Å². The predicted molar refractivity (Wildman–Crippen MR) is 84.1 cm³/mol. The summed E-state index contributed by atoms with van der Waals surface area (Å²) >= 11 is 0. The Kier molecular flexibility index (Phi) is 5.31. The fourth-order valence-corrected chi connectivity index (χ4v) is 2.50. The molecule has 1 amide bonds. The Balaban J connectivity index is 1.75. The van der Waals surface area contributed by atoms with Crippen LogP contribution in [0.15, 0.2) is 24.3 Å². The summed E-state index contributed by atoms with van der Waals surface area (Å²) < 4.78 is 14.7. The van der Waals surface area contributed by atoms with Crippen LogP contribution in [0.5, 0.6) is 0 Å². The summed E-state index contributed by atoms with van der Waals surface area (Å²) in [7, 11) is 1.92. The lowest BCUT2D eigenvalue weighted by atomic mass is 10.1. The average Bonchev–Trinajstić information content (AvgIpc) is 2.73. The van der Waals surface area contributed by atoms with Crippen molar-refractivity contribution >= 4 is 5.91 Å². The van der Waals surface area contributed by atoms with Crippen LogP contribution in [0, 0.1) is 19.7 Å². The van der Waals surface area contributed by atoms with E-state index in [2.05, 4.69) is 10.4 Å². The fourth-order valence-electron chi connectivity index (χ4n) is 2.50. The van der Waals surface area contributed by atoms with Crippen LogP contribution in [-0.4, -0.2) is 22.2 Å². The van der Waals surface area contributed by atoms with Gasteiger partial charge in [-0.1, -0.05) is 12.1 Å². The Bertz CT molecular complexity index is 647. The number of nitrogens with one attached hydrogen (secondary N) is 1. The number of benzene rings is 1. The third kappa shape index (κ3) is 4.16. The van der Waals surface area contributed by atoms with E-state index >= 15 is 0 Å². The van der Waals surface area contributed by atoms with E-state index < -0.39 is 0 Å². The van der Waals surface area contributed by atoms with E-state index in [1.54, 1.807) is 12.1 Å². The van der Waals surface area contributed by atoms with Crippen molar-refractivity contribution in [1.82, 2.24) is 15.1 Å². The molecule has 0 saturated heterocycles. The van der Waals surface area contributed by atoms with E-state index in [1.165, 1.54) is 17.7 Å². The Labute approximate surface area is 130 Å². The fraction of sp³-hybridized carbons (Fsp3) is 0.412. The molecule has 0 aliphatic rings. The summed E-state index contributed by atoms with van der Waals surface area (Å²) in [5.74, 6) is -0.237. The third-order valence-corrected chi connectivity index (χ3v) is 3.91. The van der Waals surface area contributed by atoms with Gasteiger partial charge < -0.3 is 5.32 Å². The zero-order valence-electron chi connectivity index (χ0n) is 13.3. The van der Waals surface area contributed by atoms with Crippen LogP contribution in [0.2, 0.25) is 0 Å². The predicted octanol–water partition coefficient (Wildman–Crippen LogP) is 2.47. The van der Waals surface area contributed by atoms with Crippen molar-refractivity contribution < 1.29 is 9.18 Å². The Morgan fingerprint density at radius 3 is 2.50 bits per heavy atom.